The van der Waals surface area contributed by atoms with Gasteiger partial charge >= 0.3 is 0 Å². The minimum atomic E-state index is -0.706. The van der Waals surface area contributed by atoms with E-state index in [0.29, 0.717) is 50.0 Å². The van der Waals surface area contributed by atoms with Crippen LogP contribution in [-0.2, 0) is 14.3 Å². The predicted octanol–water partition coefficient (Wildman–Crippen LogP) is 2.85. The summed E-state index contributed by atoms with van der Waals surface area (Å²) in [6, 6.07) is 13.4. The van der Waals surface area contributed by atoms with Gasteiger partial charge in [0.25, 0.3) is 11.7 Å². The van der Waals surface area contributed by atoms with Crippen LogP contribution >= 0.6 is 0 Å². The zero-order valence-corrected chi connectivity index (χ0v) is 19.5. The van der Waals surface area contributed by atoms with Gasteiger partial charge in [-0.2, -0.15) is 0 Å². The number of rotatable bonds is 8. The number of aliphatic hydroxyl groups excluding tert-OH is 1. The van der Waals surface area contributed by atoms with Crippen LogP contribution in [0.3, 0.4) is 0 Å². The summed E-state index contributed by atoms with van der Waals surface area (Å²) < 4.78 is 16.2. The van der Waals surface area contributed by atoms with E-state index in [1.807, 2.05) is 31.2 Å². The summed E-state index contributed by atoms with van der Waals surface area (Å²) in [6.07, 6.45) is 0. The van der Waals surface area contributed by atoms with Crippen molar-refractivity contribution in [1.29, 1.82) is 0 Å². The maximum absolute atomic E-state index is 13.2. The molecule has 34 heavy (non-hydrogen) atoms. The van der Waals surface area contributed by atoms with Gasteiger partial charge in [0.1, 0.15) is 17.3 Å². The van der Waals surface area contributed by atoms with E-state index in [1.165, 1.54) is 7.11 Å². The lowest BCUT2D eigenvalue weighted by molar-refractivity contribution is -0.140. The number of carbonyl (C=O) groups is 2. The van der Waals surface area contributed by atoms with Crippen LogP contribution in [-0.4, -0.2) is 79.7 Å². The van der Waals surface area contributed by atoms with Crippen LogP contribution < -0.4 is 9.47 Å². The Morgan fingerprint density at radius 2 is 1.79 bits per heavy atom. The van der Waals surface area contributed by atoms with E-state index in [0.717, 1.165) is 18.7 Å². The van der Waals surface area contributed by atoms with E-state index in [2.05, 4.69) is 4.90 Å². The van der Waals surface area contributed by atoms with Crippen molar-refractivity contribution in [3.63, 3.8) is 0 Å². The molecule has 2 aliphatic heterocycles. The first-order chi connectivity index (χ1) is 16.5. The molecule has 0 aromatic heterocycles. The highest BCUT2D eigenvalue weighted by Gasteiger charge is 2.46. The van der Waals surface area contributed by atoms with E-state index in [-0.39, 0.29) is 11.3 Å². The number of Topliss-reactive ketones (excluding diaryl/α,β-unsaturated/α-hetero) is 1. The summed E-state index contributed by atoms with van der Waals surface area (Å²) in [7, 11) is 1.53. The average Bonchev–Trinajstić information content (AvgIpc) is 3.13. The monoisotopic (exact) mass is 466 g/mol. The van der Waals surface area contributed by atoms with E-state index in [9.17, 15) is 14.7 Å². The molecule has 1 N–H and O–H groups in total. The van der Waals surface area contributed by atoms with Crippen molar-refractivity contribution in [2.45, 2.75) is 13.0 Å². The maximum atomic E-state index is 13.2. The number of ether oxygens (including phenoxy) is 3. The number of methoxy groups -OCH3 is 1. The number of hydrogen-bond donors (Lipinski definition) is 1. The topological polar surface area (TPSA) is 88.5 Å². The Morgan fingerprint density at radius 1 is 1.06 bits per heavy atom. The molecule has 0 bridgehead atoms. The summed E-state index contributed by atoms with van der Waals surface area (Å²) in [5.74, 6) is -0.282. The first-order valence-electron chi connectivity index (χ1n) is 11.5. The van der Waals surface area contributed by atoms with Crippen LogP contribution in [0.2, 0.25) is 0 Å². The third-order valence-corrected chi connectivity index (χ3v) is 6.15. The fourth-order valence-electron chi connectivity index (χ4n) is 4.37. The van der Waals surface area contributed by atoms with Crippen LogP contribution in [0, 0.1) is 0 Å². The Kier molecular flexibility index (Phi) is 7.49. The summed E-state index contributed by atoms with van der Waals surface area (Å²) in [5, 5.41) is 11.2. The molecule has 2 aromatic rings. The minimum Gasteiger partial charge on any atom is -0.507 e. The summed E-state index contributed by atoms with van der Waals surface area (Å²) in [4.78, 5) is 30.1. The number of hydrogen-bond acceptors (Lipinski definition) is 7. The fraction of sp³-hybridized carbons (Fsp3) is 0.385. The van der Waals surface area contributed by atoms with Crippen molar-refractivity contribution in [1.82, 2.24) is 9.80 Å². The molecule has 180 valence electrons. The summed E-state index contributed by atoms with van der Waals surface area (Å²) >= 11 is 0. The van der Waals surface area contributed by atoms with Gasteiger partial charge in [0.15, 0.2) is 0 Å². The number of ketones is 1. The number of amides is 1. The van der Waals surface area contributed by atoms with Crippen LogP contribution in [0.5, 0.6) is 11.5 Å². The molecule has 0 aliphatic carbocycles. The second-order valence-electron chi connectivity index (χ2n) is 8.18. The molecule has 4 rings (SSSR count). The first-order valence-corrected chi connectivity index (χ1v) is 11.5. The average molecular weight is 467 g/mol. The molecule has 1 amide bonds. The molecule has 2 aliphatic rings. The van der Waals surface area contributed by atoms with Gasteiger partial charge in [0, 0.05) is 31.7 Å². The Labute approximate surface area is 199 Å². The van der Waals surface area contributed by atoms with E-state index >= 15 is 0 Å². The van der Waals surface area contributed by atoms with Crippen LogP contribution in [0.25, 0.3) is 5.76 Å². The number of morpholine rings is 1. The number of nitrogens with zero attached hydrogens (tertiary/aromatic N) is 2. The number of carbonyl (C=O) groups excluding carboxylic acids is 2. The Morgan fingerprint density at radius 3 is 2.47 bits per heavy atom. The minimum absolute atomic E-state index is 0.0735. The largest absolute Gasteiger partial charge is 0.507 e. The Bertz CT molecular complexity index is 1060. The van der Waals surface area contributed by atoms with Crippen molar-refractivity contribution in [3.8, 4) is 11.5 Å². The van der Waals surface area contributed by atoms with E-state index < -0.39 is 17.7 Å². The molecular weight excluding hydrogens is 436 g/mol. The van der Waals surface area contributed by atoms with Gasteiger partial charge in [-0.15, -0.1) is 0 Å². The SMILES string of the molecule is CCOc1ccc(C2C(=C(O)c3cccc(OC)c3)C(=O)C(=O)N2CCN2CCOCC2)cc1. The third-order valence-electron chi connectivity index (χ3n) is 6.15. The second-order valence-corrected chi connectivity index (χ2v) is 8.18. The highest BCUT2D eigenvalue weighted by atomic mass is 16.5. The normalized spacial score (nSPS) is 20.5. The number of benzene rings is 2. The second kappa shape index (κ2) is 10.7. The lowest BCUT2D eigenvalue weighted by Crippen LogP contribution is -2.42. The molecule has 8 heteroatoms. The third kappa shape index (κ3) is 4.93. The van der Waals surface area contributed by atoms with Gasteiger partial charge < -0.3 is 24.2 Å². The molecule has 2 heterocycles. The maximum Gasteiger partial charge on any atom is 0.295 e. The van der Waals surface area contributed by atoms with Crippen LogP contribution in [0.4, 0.5) is 0 Å². The van der Waals surface area contributed by atoms with Gasteiger partial charge in [-0.3, -0.25) is 14.5 Å². The molecule has 0 spiro atoms. The Balaban J connectivity index is 1.73. The van der Waals surface area contributed by atoms with E-state index in [1.54, 1.807) is 29.2 Å². The smallest absolute Gasteiger partial charge is 0.295 e. The lowest BCUT2D eigenvalue weighted by Gasteiger charge is -2.31. The quantitative estimate of drug-likeness (QED) is 0.364. The lowest BCUT2D eigenvalue weighted by atomic mass is 9.95. The van der Waals surface area contributed by atoms with Crippen LogP contribution in [0.15, 0.2) is 54.1 Å². The highest BCUT2D eigenvalue weighted by molar-refractivity contribution is 6.46. The molecule has 8 nitrogen and oxygen atoms in total. The Hall–Kier alpha value is -3.36. The molecule has 2 aromatic carbocycles. The zero-order valence-electron chi connectivity index (χ0n) is 19.5. The molecule has 1 atom stereocenters. The van der Waals surface area contributed by atoms with Crippen LogP contribution in [0.1, 0.15) is 24.1 Å². The highest BCUT2D eigenvalue weighted by Crippen LogP contribution is 2.40. The molecule has 0 saturated carbocycles. The zero-order chi connectivity index (χ0) is 24.1. The van der Waals surface area contributed by atoms with Crippen molar-refractivity contribution < 1.29 is 28.9 Å². The molecule has 0 radical (unpaired) electrons. The van der Waals surface area contributed by atoms with E-state index in [4.69, 9.17) is 14.2 Å². The molecule has 1 unspecified atom stereocenters. The van der Waals surface area contributed by atoms with Crippen molar-refractivity contribution in [3.05, 3.63) is 65.2 Å². The summed E-state index contributed by atoms with van der Waals surface area (Å²) in [5.41, 5.74) is 1.22. The number of likely N-dealkylation sites (tertiary alicyclic amines) is 1. The standard InChI is InChI=1S/C26H30N2O6/c1-3-34-20-9-7-18(8-10-20)23-22(24(29)19-5-4-6-21(17-19)32-2)25(30)26(31)28(23)12-11-27-13-15-33-16-14-27/h4-10,17,23,29H,3,11-16H2,1-2H3. The van der Waals surface area contributed by atoms with Crippen molar-refractivity contribution in [2.75, 3.05) is 53.1 Å². The number of aliphatic hydroxyl groups is 1. The van der Waals surface area contributed by atoms with Gasteiger partial charge in [0.05, 0.1) is 38.5 Å². The van der Waals surface area contributed by atoms with Gasteiger partial charge in [-0.1, -0.05) is 24.3 Å². The van der Waals surface area contributed by atoms with Crippen molar-refractivity contribution in [2.24, 2.45) is 0 Å². The summed E-state index contributed by atoms with van der Waals surface area (Å²) in [6.45, 7) is 6.27. The van der Waals surface area contributed by atoms with Gasteiger partial charge in [-0.05, 0) is 36.8 Å². The molecular formula is C26H30N2O6. The van der Waals surface area contributed by atoms with Crippen molar-refractivity contribution >= 4 is 17.4 Å². The first kappa shape index (κ1) is 23.8. The van der Waals surface area contributed by atoms with Gasteiger partial charge in [-0.25, -0.2) is 0 Å². The predicted molar refractivity (Wildman–Crippen MR) is 127 cm³/mol. The molecule has 2 saturated heterocycles. The van der Waals surface area contributed by atoms with Gasteiger partial charge in [0.2, 0.25) is 0 Å². The molecule has 2 fully saturated rings. The fourth-order valence-corrected chi connectivity index (χ4v) is 4.37.